The molecule has 3 fully saturated rings. The second-order valence-corrected chi connectivity index (χ2v) is 8.21. The van der Waals surface area contributed by atoms with E-state index in [1.807, 2.05) is 0 Å². The lowest BCUT2D eigenvalue weighted by molar-refractivity contribution is 0.0557. The minimum atomic E-state index is 0.485. The standard InChI is InChI=1S/C19H21Br/c1-18-6-9-19(10-7-18,11-8-18)16-4-2-15-13-17(20)5-3-14(15)12-16/h2-5,12-13H,6-11H2,1H3. The van der Waals surface area contributed by atoms with Crippen molar-refractivity contribution in [1.29, 1.82) is 0 Å². The van der Waals surface area contributed by atoms with E-state index in [9.17, 15) is 0 Å². The highest BCUT2D eigenvalue weighted by atomic mass is 79.9. The molecule has 0 radical (unpaired) electrons. The molecular weight excluding hydrogens is 308 g/mol. The predicted octanol–water partition coefficient (Wildman–Crippen LogP) is 6.21. The van der Waals surface area contributed by atoms with Gasteiger partial charge in [-0.05, 0) is 77.8 Å². The minimum Gasteiger partial charge on any atom is -0.0596 e. The molecule has 0 N–H and O–H groups in total. The second-order valence-electron chi connectivity index (χ2n) is 7.30. The van der Waals surface area contributed by atoms with Crippen molar-refractivity contribution in [2.24, 2.45) is 5.41 Å². The molecule has 0 saturated heterocycles. The maximum Gasteiger partial charge on any atom is 0.0181 e. The van der Waals surface area contributed by atoms with E-state index in [0.29, 0.717) is 10.8 Å². The first-order chi connectivity index (χ1) is 9.59. The van der Waals surface area contributed by atoms with Crippen molar-refractivity contribution in [3.63, 3.8) is 0 Å². The van der Waals surface area contributed by atoms with E-state index in [1.54, 1.807) is 5.56 Å². The third-order valence-electron chi connectivity index (χ3n) is 6.04. The highest BCUT2D eigenvalue weighted by molar-refractivity contribution is 9.10. The van der Waals surface area contributed by atoms with Crippen molar-refractivity contribution in [1.82, 2.24) is 0 Å². The molecule has 2 bridgehead atoms. The first-order valence-corrected chi connectivity index (χ1v) is 8.58. The van der Waals surface area contributed by atoms with E-state index < -0.39 is 0 Å². The zero-order valence-electron chi connectivity index (χ0n) is 12.1. The average Bonchev–Trinajstić information content (AvgIpc) is 2.48. The lowest BCUT2D eigenvalue weighted by atomic mass is 9.52. The number of rotatable bonds is 1. The summed E-state index contributed by atoms with van der Waals surface area (Å²) in [4.78, 5) is 0. The summed E-state index contributed by atoms with van der Waals surface area (Å²) in [7, 11) is 0. The van der Waals surface area contributed by atoms with Gasteiger partial charge in [0, 0.05) is 4.47 Å². The maximum atomic E-state index is 3.56. The van der Waals surface area contributed by atoms with Crippen LogP contribution in [0, 0.1) is 5.41 Å². The SMILES string of the molecule is CC12CCC(c3ccc4cc(Br)ccc4c3)(CC1)CC2. The lowest BCUT2D eigenvalue weighted by Crippen LogP contribution is -2.42. The summed E-state index contributed by atoms with van der Waals surface area (Å²) in [6.45, 7) is 2.49. The first-order valence-electron chi connectivity index (χ1n) is 7.79. The van der Waals surface area contributed by atoms with Crippen LogP contribution in [0.15, 0.2) is 40.9 Å². The minimum absolute atomic E-state index is 0.485. The van der Waals surface area contributed by atoms with Gasteiger partial charge in [0.2, 0.25) is 0 Å². The van der Waals surface area contributed by atoms with Crippen LogP contribution >= 0.6 is 15.9 Å². The largest absolute Gasteiger partial charge is 0.0596 e. The molecule has 0 unspecified atom stereocenters. The van der Waals surface area contributed by atoms with Gasteiger partial charge in [0.05, 0.1) is 0 Å². The number of fused-ring (bicyclic) bond motifs is 4. The topological polar surface area (TPSA) is 0 Å². The molecule has 2 aromatic carbocycles. The molecule has 0 heterocycles. The molecule has 3 aliphatic rings. The van der Waals surface area contributed by atoms with Gasteiger partial charge in [0.25, 0.3) is 0 Å². The summed E-state index contributed by atoms with van der Waals surface area (Å²) in [6.07, 6.45) is 8.45. The normalized spacial score (nSPS) is 32.7. The molecule has 2 aromatic rings. The van der Waals surface area contributed by atoms with Crippen LogP contribution < -0.4 is 0 Å². The van der Waals surface area contributed by atoms with Crippen molar-refractivity contribution >= 4 is 26.7 Å². The zero-order valence-corrected chi connectivity index (χ0v) is 13.7. The van der Waals surface area contributed by atoms with Gasteiger partial charge in [-0.15, -0.1) is 0 Å². The van der Waals surface area contributed by atoms with Gasteiger partial charge in [0.1, 0.15) is 0 Å². The van der Waals surface area contributed by atoms with Gasteiger partial charge in [-0.3, -0.25) is 0 Å². The van der Waals surface area contributed by atoms with E-state index in [4.69, 9.17) is 0 Å². The Balaban J connectivity index is 1.77. The Labute approximate surface area is 129 Å². The molecule has 3 saturated carbocycles. The monoisotopic (exact) mass is 328 g/mol. The molecule has 0 nitrogen and oxygen atoms in total. The molecule has 0 aliphatic heterocycles. The van der Waals surface area contributed by atoms with Crippen LogP contribution in [0.4, 0.5) is 0 Å². The van der Waals surface area contributed by atoms with Crippen molar-refractivity contribution in [3.8, 4) is 0 Å². The predicted molar refractivity (Wildman–Crippen MR) is 89.1 cm³/mol. The Bertz CT molecular complexity index is 646. The number of benzene rings is 2. The summed E-state index contributed by atoms with van der Waals surface area (Å²) in [5, 5.41) is 2.73. The molecule has 1 heteroatoms. The Morgan fingerprint density at radius 3 is 2.10 bits per heavy atom. The van der Waals surface area contributed by atoms with E-state index in [2.05, 4.69) is 59.3 Å². The Hall–Kier alpha value is -0.820. The number of halogens is 1. The summed E-state index contributed by atoms with van der Waals surface area (Å²) < 4.78 is 1.17. The fourth-order valence-corrected chi connectivity index (χ4v) is 4.73. The van der Waals surface area contributed by atoms with Gasteiger partial charge in [-0.25, -0.2) is 0 Å². The summed E-state index contributed by atoms with van der Waals surface area (Å²) in [5.74, 6) is 0. The van der Waals surface area contributed by atoms with Gasteiger partial charge >= 0.3 is 0 Å². The van der Waals surface area contributed by atoms with E-state index in [-0.39, 0.29) is 0 Å². The highest BCUT2D eigenvalue weighted by Gasteiger charge is 2.46. The van der Waals surface area contributed by atoms with Crippen molar-refractivity contribution < 1.29 is 0 Å². The molecule has 20 heavy (non-hydrogen) atoms. The zero-order chi connectivity index (χ0) is 13.8. The second kappa shape index (κ2) is 4.34. The number of hydrogen-bond acceptors (Lipinski definition) is 0. The van der Waals surface area contributed by atoms with Gasteiger partial charge in [-0.2, -0.15) is 0 Å². The molecule has 0 aromatic heterocycles. The van der Waals surface area contributed by atoms with Crippen LogP contribution in [0.3, 0.4) is 0 Å². The quantitative estimate of drug-likeness (QED) is 0.583. The summed E-state index contributed by atoms with van der Waals surface area (Å²) in [5.41, 5.74) is 2.73. The Morgan fingerprint density at radius 2 is 1.40 bits per heavy atom. The summed E-state index contributed by atoms with van der Waals surface area (Å²) in [6, 6.07) is 13.8. The van der Waals surface area contributed by atoms with E-state index in [0.717, 1.165) is 0 Å². The van der Waals surface area contributed by atoms with Gasteiger partial charge < -0.3 is 0 Å². The Kier molecular flexibility index (Phi) is 2.79. The van der Waals surface area contributed by atoms with Crippen LogP contribution in [0.1, 0.15) is 51.0 Å². The van der Waals surface area contributed by atoms with Crippen molar-refractivity contribution in [3.05, 3.63) is 46.4 Å². The van der Waals surface area contributed by atoms with Crippen LogP contribution in [-0.4, -0.2) is 0 Å². The molecule has 0 atom stereocenters. The van der Waals surface area contributed by atoms with Gasteiger partial charge in [0.15, 0.2) is 0 Å². The van der Waals surface area contributed by atoms with Gasteiger partial charge in [-0.1, -0.05) is 47.1 Å². The number of hydrogen-bond donors (Lipinski definition) is 0. The fourth-order valence-electron chi connectivity index (χ4n) is 4.35. The lowest BCUT2D eigenvalue weighted by Gasteiger charge is -2.52. The average molecular weight is 329 g/mol. The molecular formula is C19H21Br. The van der Waals surface area contributed by atoms with Crippen LogP contribution in [0.5, 0.6) is 0 Å². The fraction of sp³-hybridized carbons (Fsp3) is 0.474. The summed E-state index contributed by atoms with van der Waals surface area (Å²) >= 11 is 3.56. The van der Waals surface area contributed by atoms with E-state index in [1.165, 1.54) is 53.8 Å². The Morgan fingerprint density at radius 1 is 0.800 bits per heavy atom. The van der Waals surface area contributed by atoms with Crippen LogP contribution in [0.25, 0.3) is 10.8 Å². The maximum absolute atomic E-state index is 3.56. The highest BCUT2D eigenvalue weighted by Crippen LogP contribution is 2.57. The molecule has 5 rings (SSSR count). The first kappa shape index (κ1) is 12.9. The smallest absolute Gasteiger partial charge is 0.0181 e. The molecule has 0 amide bonds. The van der Waals surface area contributed by atoms with Crippen molar-refractivity contribution in [2.45, 2.75) is 50.9 Å². The molecule has 0 spiro atoms. The van der Waals surface area contributed by atoms with Crippen LogP contribution in [-0.2, 0) is 5.41 Å². The molecule has 3 aliphatic carbocycles. The third-order valence-corrected chi connectivity index (χ3v) is 6.53. The van der Waals surface area contributed by atoms with Crippen LogP contribution in [0.2, 0.25) is 0 Å². The third kappa shape index (κ3) is 1.94. The van der Waals surface area contributed by atoms with E-state index >= 15 is 0 Å². The molecule has 104 valence electrons. The van der Waals surface area contributed by atoms with Crippen molar-refractivity contribution in [2.75, 3.05) is 0 Å².